The minimum Gasteiger partial charge on any atom is -0.473 e. The van der Waals surface area contributed by atoms with Gasteiger partial charge in [0.1, 0.15) is 6.10 Å². The van der Waals surface area contributed by atoms with Crippen molar-refractivity contribution in [3.05, 3.63) is 52.9 Å². The van der Waals surface area contributed by atoms with Gasteiger partial charge in [-0.3, -0.25) is 14.9 Å². The number of aromatic nitrogens is 2. The van der Waals surface area contributed by atoms with Crippen molar-refractivity contribution in [3.63, 3.8) is 0 Å². The van der Waals surface area contributed by atoms with Gasteiger partial charge in [-0.1, -0.05) is 24.3 Å². The summed E-state index contributed by atoms with van der Waals surface area (Å²) >= 11 is 0. The molecular formula is C29H47N7O. The normalized spacial score (nSPS) is 17.0. The van der Waals surface area contributed by atoms with Gasteiger partial charge in [0.15, 0.2) is 0 Å². The monoisotopic (exact) mass is 509 g/mol. The number of ether oxygens (including phenoxy) is 1. The van der Waals surface area contributed by atoms with Crippen LogP contribution in [-0.4, -0.2) is 84.4 Å². The van der Waals surface area contributed by atoms with E-state index in [1.807, 2.05) is 60.9 Å². The number of likely N-dealkylation sites (N-methyl/N-ethyl adjacent to an activating group) is 1. The molecule has 1 saturated heterocycles. The average Bonchev–Trinajstić information content (AvgIpc) is 3.43. The quantitative estimate of drug-likeness (QED) is 0.297. The van der Waals surface area contributed by atoms with Crippen molar-refractivity contribution in [2.24, 2.45) is 22.8 Å². The van der Waals surface area contributed by atoms with Crippen LogP contribution in [0.5, 0.6) is 5.88 Å². The number of aryl methyl sites for hydroxylation is 2. The average molecular weight is 510 g/mol. The number of nitrogens with zero attached hydrogens (tertiary/aromatic N) is 6. The summed E-state index contributed by atoms with van der Waals surface area (Å²) in [6.45, 7) is 23.1. The van der Waals surface area contributed by atoms with Crippen molar-refractivity contribution < 1.29 is 4.74 Å². The lowest BCUT2D eigenvalue weighted by Gasteiger charge is -2.23. The molecule has 0 aliphatic carbocycles. The Morgan fingerprint density at radius 3 is 2.57 bits per heavy atom. The molecule has 2 N–H and O–H groups in total. The van der Waals surface area contributed by atoms with E-state index in [0.717, 1.165) is 46.9 Å². The first-order valence-corrected chi connectivity index (χ1v) is 13.2. The molecule has 2 heterocycles. The Morgan fingerprint density at radius 1 is 1.30 bits per heavy atom. The van der Waals surface area contributed by atoms with E-state index in [-0.39, 0.29) is 6.10 Å². The van der Waals surface area contributed by atoms with Crippen LogP contribution in [0.2, 0.25) is 0 Å². The van der Waals surface area contributed by atoms with Crippen LogP contribution in [0.25, 0.3) is 5.70 Å². The summed E-state index contributed by atoms with van der Waals surface area (Å²) in [6.07, 6.45) is 8.45. The largest absolute Gasteiger partial charge is 0.473 e. The highest BCUT2D eigenvalue weighted by Crippen LogP contribution is 2.31. The lowest BCUT2D eigenvalue weighted by atomic mass is 10.1. The maximum atomic E-state index is 6.59. The Labute approximate surface area is 224 Å². The smallest absolute Gasteiger partial charge is 0.221 e. The molecule has 204 valence electrons. The third kappa shape index (κ3) is 9.13. The maximum Gasteiger partial charge on any atom is 0.221 e. The summed E-state index contributed by atoms with van der Waals surface area (Å²) in [7, 11) is 3.92. The van der Waals surface area contributed by atoms with E-state index in [0.29, 0.717) is 24.7 Å². The molecule has 0 aromatic carbocycles. The third-order valence-electron chi connectivity index (χ3n) is 6.33. The second kappa shape index (κ2) is 14.7. The topological polar surface area (TPSA) is 84.3 Å². The number of aliphatic imine (C=N–C) groups is 2. The predicted octanol–water partition coefficient (Wildman–Crippen LogP) is 4.39. The van der Waals surface area contributed by atoms with Gasteiger partial charge in [-0.05, 0) is 80.4 Å². The van der Waals surface area contributed by atoms with Crippen molar-refractivity contribution in [2.45, 2.75) is 53.6 Å². The molecule has 1 atom stereocenters. The van der Waals surface area contributed by atoms with E-state index in [1.54, 1.807) is 4.68 Å². The molecule has 8 nitrogen and oxygen atoms in total. The highest BCUT2D eigenvalue weighted by atomic mass is 16.5. The molecule has 1 fully saturated rings. The fourth-order valence-corrected chi connectivity index (χ4v) is 4.68. The van der Waals surface area contributed by atoms with Crippen LogP contribution in [0.3, 0.4) is 0 Å². The van der Waals surface area contributed by atoms with E-state index < -0.39 is 0 Å². The van der Waals surface area contributed by atoms with Crippen molar-refractivity contribution in [1.29, 1.82) is 0 Å². The highest BCUT2D eigenvalue weighted by molar-refractivity contribution is 6.01. The van der Waals surface area contributed by atoms with Crippen molar-refractivity contribution in [1.82, 2.24) is 19.6 Å². The fourth-order valence-electron chi connectivity index (χ4n) is 4.68. The van der Waals surface area contributed by atoms with Gasteiger partial charge >= 0.3 is 0 Å². The number of hydrogen-bond acceptors (Lipinski definition) is 7. The van der Waals surface area contributed by atoms with Crippen molar-refractivity contribution >= 4 is 18.1 Å². The van der Waals surface area contributed by atoms with Crippen LogP contribution in [-0.2, 0) is 7.05 Å². The zero-order chi connectivity index (χ0) is 27.5. The lowest BCUT2D eigenvalue weighted by molar-refractivity contribution is 0.155. The lowest BCUT2D eigenvalue weighted by Crippen LogP contribution is -2.34. The van der Waals surface area contributed by atoms with Crippen LogP contribution in [0.4, 0.5) is 0 Å². The molecule has 0 radical (unpaired) electrons. The van der Waals surface area contributed by atoms with Gasteiger partial charge in [0.05, 0.1) is 23.5 Å². The minimum atomic E-state index is -0.109. The zero-order valence-electron chi connectivity index (χ0n) is 24.0. The van der Waals surface area contributed by atoms with Crippen LogP contribution in [0.15, 0.2) is 51.6 Å². The number of allylic oxidation sites excluding steroid dienone is 5. The first-order valence-electron chi connectivity index (χ1n) is 13.2. The number of hydrogen-bond donors (Lipinski definition) is 1. The summed E-state index contributed by atoms with van der Waals surface area (Å²) in [5, 5.41) is 4.55. The molecule has 1 aromatic rings. The Morgan fingerprint density at radius 2 is 1.97 bits per heavy atom. The summed E-state index contributed by atoms with van der Waals surface area (Å²) in [4.78, 5) is 13.7. The van der Waals surface area contributed by atoms with Gasteiger partial charge in [-0.15, -0.1) is 0 Å². The summed E-state index contributed by atoms with van der Waals surface area (Å²) < 4.78 is 8.12. The summed E-state index contributed by atoms with van der Waals surface area (Å²) in [5.74, 6) is 0.664. The maximum absolute atomic E-state index is 6.59. The fraction of sp³-hybridized carbons (Fsp3) is 0.552. The van der Waals surface area contributed by atoms with Gasteiger partial charge in [-0.2, -0.15) is 5.10 Å². The van der Waals surface area contributed by atoms with Gasteiger partial charge in [0.2, 0.25) is 5.88 Å². The standard InChI is InChI=1S/C29H47N7O/c1-10-13-25(23(5)32-14-17-36-15-11-12-16-36)26(30)20-34(8)19-22(4)37-29-28(24(6)33-35(29)9)27(31-7)18-21(2)3/h10,13,18,22H,2,7,11-12,14-17,19-20,30H2,1,3-6,8-9H3/b13-10+,26-25-,27-18-,32-23?/t22-/m0/s1. The van der Waals surface area contributed by atoms with E-state index in [4.69, 9.17) is 15.5 Å². The Bertz CT molecular complexity index is 1050. The van der Waals surface area contributed by atoms with Crippen LogP contribution < -0.4 is 10.5 Å². The number of likely N-dealkylation sites (tertiary alicyclic amines) is 1. The first kappa shape index (κ1) is 30.3. The summed E-state index contributed by atoms with van der Waals surface area (Å²) in [6, 6.07) is 0. The molecule has 1 aliphatic heterocycles. The van der Waals surface area contributed by atoms with Gasteiger partial charge < -0.3 is 15.4 Å². The van der Waals surface area contributed by atoms with E-state index >= 15 is 0 Å². The van der Waals surface area contributed by atoms with E-state index in [2.05, 4.69) is 39.3 Å². The van der Waals surface area contributed by atoms with E-state index in [1.165, 1.54) is 25.9 Å². The SMILES string of the molecule is C=N/C(=C\C(=C)C)c1c(C)nn(C)c1O[C@@H](C)CN(C)C/C(N)=C(\C=C\C)C(C)=NCCN1CCCC1. The Kier molecular flexibility index (Phi) is 12.0. The van der Waals surface area contributed by atoms with E-state index in [9.17, 15) is 0 Å². The van der Waals surface area contributed by atoms with Crippen molar-refractivity contribution in [2.75, 3.05) is 46.3 Å². The Balaban J connectivity index is 2.09. The third-order valence-corrected chi connectivity index (χ3v) is 6.33. The predicted molar refractivity (Wildman–Crippen MR) is 158 cm³/mol. The summed E-state index contributed by atoms with van der Waals surface area (Å²) in [5.41, 5.74) is 12.6. The second-order valence-corrected chi connectivity index (χ2v) is 10.0. The second-order valence-electron chi connectivity index (χ2n) is 10.0. The molecule has 0 spiro atoms. The minimum absolute atomic E-state index is 0.109. The highest BCUT2D eigenvalue weighted by Gasteiger charge is 2.21. The van der Waals surface area contributed by atoms with Crippen molar-refractivity contribution in [3.8, 4) is 5.88 Å². The first-order chi connectivity index (χ1) is 17.6. The molecule has 8 heteroatoms. The molecule has 0 unspecified atom stereocenters. The van der Waals surface area contributed by atoms with Gasteiger partial charge in [-0.25, -0.2) is 4.68 Å². The molecule has 2 rings (SSSR count). The number of nitrogens with two attached hydrogens (primary N) is 1. The zero-order valence-corrected chi connectivity index (χ0v) is 24.0. The van der Waals surface area contributed by atoms with Gasteiger partial charge in [0, 0.05) is 43.7 Å². The van der Waals surface area contributed by atoms with Crippen LogP contribution >= 0.6 is 0 Å². The van der Waals surface area contributed by atoms with Gasteiger partial charge in [0.25, 0.3) is 0 Å². The Hall–Kier alpha value is -2.97. The molecule has 1 aromatic heterocycles. The van der Waals surface area contributed by atoms with Crippen LogP contribution in [0, 0.1) is 6.92 Å². The molecule has 37 heavy (non-hydrogen) atoms. The molecular weight excluding hydrogens is 462 g/mol. The molecule has 1 aliphatic rings. The molecule has 0 saturated carbocycles. The number of rotatable bonds is 14. The van der Waals surface area contributed by atoms with Crippen LogP contribution in [0.1, 0.15) is 51.8 Å². The molecule has 0 bridgehead atoms. The molecule has 0 amide bonds.